The van der Waals surface area contributed by atoms with Crippen molar-refractivity contribution in [2.24, 2.45) is 22.5 Å². The van der Waals surface area contributed by atoms with Crippen molar-refractivity contribution in [1.82, 2.24) is 10.6 Å². The third-order valence-electron chi connectivity index (χ3n) is 8.43. The Bertz CT molecular complexity index is 1670. The van der Waals surface area contributed by atoms with E-state index in [4.69, 9.17) is 53.0 Å². The van der Waals surface area contributed by atoms with Gasteiger partial charge in [0.15, 0.2) is 17.4 Å². The average molecular weight is 819 g/mol. The van der Waals surface area contributed by atoms with Gasteiger partial charge in [0.25, 0.3) is 0 Å². The van der Waals surface area contributed by atoms with Crippen molar-refractivity contribution in [3.63, 3.8) is 0 Å². The highest BCUT2D eigenvalue weighted by molar-refractivity contribution is 6.31. The van der Waals surface area contributed by atoms with E-state index < -0.39 is 52.4 Å². The van der Waals surface area contributed by atoms with E-state index in [0.717, 1.165) is 12.1 Å². The topological polar surface area (TPSA) is 176 Å². The van der Waals surface area contributed by atoms with Crippen LogP contribution in [-0.2, 0) is 28.5 Å². The number of amides is 2. The molecule has 2 aromatic carbocycles. The molecular weight excluding hydrogens is 763 g/mol. The SMILES string of the molecule is C[C@@H](CNC(=O)[C@@H]1OC(C)(C)OCC1(C)C)CC(=O)c1cc(Cl)ccc1F.C[C@H](N)CNC(=O)[C@@H]1OC(C)(C)OCC1(C)C.O=C(O)c1cc(Cl)ccc1F. The summed E-state index contributed by atoms with van der Waals surface area (Å²) < 4.78 is 49.1. The average Bonchev–Trinajstić information content (AvgIpc) is 3.07. The Balaban J connectivity index is 0.000000317. The van der Waals surface area contributed by atoms with E-state index in [2.05, 4.69) is 10.6 Å². The molecule has 2 fully saturated rings. The van der Waals surface area contributed by atoms with Crippen LogP contribution < -0.4 is 16.4 Å². The summed E-state index contributed by atoms with van der Waals surface area (Å²) in [6.07, 6.45) is -1.07. The molecule has 0 radical (unpaired) electrons. The lowest BCUT2D eigenvalue weighted by molar-refractivity contribution is -0.304. The van der Waals surface area contributed by atoms with Crippen molar-refractivity contribution in [3.05, 3.63) is 69.2 Å². The van der Waals surface area contributed by atoms with Crippen molar-refractivity contribution < 1.29 is 52.0 Å². The number of carbonyl (C=O) groups is 4. The van der Waals surface area contributed by atoms with Crippen molar-refractivity contribution in [2.45, 2.75) is 105 Å². The second-order valence-corrected chi connectivity index (χ2v) is 17.0. The molecule has 0 saturated carbocycles. The van der Waals surface area contributed by atoms with Crippen LogP contribution in [0.25, 0.3) is 0 Å². The molecule has 2 amide bonds. The van der Waals surface area contributed by atoms with Crippen LogP contribution in [0, 0.1) is 28.4 Å². The third kappa shape index (κ3) is 15.3. The Morgan fingerprint density at radius 1 is 0.764 bits per heavy atom. The fourth-order valence-corrected chi connectivity index (χ4v) is 5.58. The molecule has 55 heavy (non-hydrogen) atoms. The van der Waals surface area contributed by atoms with E-state index in [1.54, 1.807) is 13.8 Å². The van der Waals surface area contributed by atoms with Crippen LogP contribution in [0.3, 0.4) is 0 Å². The van der Waals surface area contributed by atoms with Crippen molar-refractivity contribution in [3.8, 4) is 0 Å². The van der Waals surface area contributed by atoms with E-state index in [-0.39, 0.29) is 58.5 Å². The first kappa shape index (κ1) is 47.9. The van der Waals surface area contributed by atoms with Gasteiger partial charge in [-0.1, -0.05) is 57.8 Å². The number of rotatable bonds is 10. The highest BCUT2D eigenvalue weighted by Crippen LogP contribution is 2.36. The van der Waals surface area contributed by atoms with Gasteiger partial charge in [0, 0.05) is 46.4 Å². The molecule has 2 aliphatic rings. The molecule has 2 aliphatic heterocycles. The number of ketones is 1. The van der Waals surface area contributed by atoms with Gasteiger partial charge in [-0.05, 0) is 76.9 Å². The molecular formula is C39H55Cl2F2N3O9. The predicted octanol–water partition coefficient (Wildman–Crippen LogP) is 6.79. The number of carboxylic acid groups (broad SMARTS) is 1. The minimum atomic E-state index is -1.31. The first-order valence-corrected chi connectivity index (χ1v) is 18.5. The van der Waals surface area contributed by atoms with Crippen LogP contribution in [0.1, 0.15) is 96.4 Å². The molecule has 4 rings (SSSR count). The second kappa shape index (κ2) is 19.8. The molecule has 12 nitrogen and oxygen atoms in total. The van der Waals surface area contributed by atoms with Crippen molar-refractivity contribution in [2.75, 3.05) is 26.3 Å². The van der Waals surface area contributed by atoms with Gasteiger partial charge in [-0.3, -0.25) is 14.4 Å². The summed E-state index contributed by atoms with van der Waals surface area (Å²) in [7, 11) is 0. The van der Waals surface area contributed by atoms with Gasteiger partial charge < -0.3 is 40.4 Å². The molecule has 0 aliphatic carbocycles. The molecule has 5 N–H and O–H groups in total. The van der Waals surface area contributed by atoms with Crippen LogP contribution in [0.2, 0.25) is 10.0 Å². The fourth-order valence-electron chi connectivity index (χ4n) is 5.24. The van der Waals surface area contributed by atoms with Gasteiger partial charge in [0.1, 0.15) is 23.8 Å². The van der Waals surface area contributed by atoms with Gasteiger partial charge in [-0.2, -0.15) is 0 Å². The lowest BCUT2D eigenvalue weighted by Gasteiger charge is -2.44. The van der Waals surface area contributed by atoms with Crippen LogP contribution in [0.5, 0.6) is 0 Å². The van der Waals surface area contributed by atoms with Gasteiger partial charge >= 0.3 is 5.97 Å². The Morgan fingerprint density at radius 3 is 1.56 bits per heavy atom. The standard InChI is InChI=1S/C20H27ClFNO4.C12H24N2O3.C7H4ClFO2/c1-12(8-16(24)14-9-13(21)6-7-15(14)22)10-23-18(25)17-19(2,3)11-26-20(4,5)27-17;1-8(13)6-14-10(15)9-11(2,3)7-16-12(4,5)17-9;8-4-1-2-6(9)5(3-4)7(10)11/h6-7,9,12,17H,8,10-11H2,1-5H3,(H,23,25);8-9H,6-7,13H2,1-5H3,(H,14,15);1-3H,(H,10,11)/t12-,17+;8-,9-;/m10./s1. The summed E-state index contributed by atoms with van der Waals surface area (Å²) in [5.74, 6) is -5.12. The van der Waals surface area contributed by atoms with Gasteiger partial charge in [0.05, 0.1) is 24.3 Å². The number of aromatic carboxylic acids is 1. The zero-order valence-corrected chi connectivity index (χ0v) is 34.6. The van der Waals surface area contributed by atoms with E-state index >= 15 is 0 Å². The maximum absolute atomic E-state index is 13.8. The van der Waals surface area contributed by atoms with E-state index in [1.807, 2.05) is 55.4 Å². The lowest BCUT2D eigenvalue weighted by atomic mass is 9.85. The molecule has 0 unspecified atom stereocenters. The Hall–Kier alpha value is -3.24. The van der Waals surface area contributed by atoms with Crippen LogP contribution in [0.4, 0.5) is 8.78 Å². The number of nitrogens with two attached hydrogens (primary N) is 1. The summed E-state index contributed by atoms with van der Waals surface area (Å²) in [6, 6.07) is 7.22. The fraction of sp³-hybridized carbons (Fsp3) is 0.590. The summed E-state index contributed by atoms with van der Waals surface area (Å²) >= 11 is 11.3. The minimum absolute atomic E-state index is 0.0312. The molecule has 2 saturated heterocycles. The third-order valence-corrected chi connectivity index (χ3v) is 8.90. The zero-order chi connectivity index (χ0) is 42.1. The van der Waals surface area contributed by atoms with Gasteiger partial charge in [0.2, 0.25) is 11.8 Å². The van der Waals surface area contributed by atoms with E-state index in [9.17, 15) is 28.0 Å². The minimum Gasteiger partial charge on any atom is -0.478 e. The molecule has 0 aromatic heterocycles. The van der Waals surface area contributed by atoms with Crippen LogP contribution in [-0.4, -0.2) is 84.8 Å². The van der Waals surface area contributed by atoms with Crippen LogP contribution >= 0.6 is 23.2 Å². The smallest absolute Gasteiger partial charge is 0.338 e. The second-order valence-electron chi connectivity index (χ2n) is 16.1. The molecule has 2 heterocycles. The number of hydrogen-bond donors (Lipinski definition) is 4. The first-order valence-electron chi connectivity index (χ1n) is 17.8. The molecule has 0 bridgehead atoms. The first-order chi connectivity index (χ1) is 25.2. The Labute approximate surface area is 332 Å². The highest BCUT2D eigenvalue weighted by atomic mass is 35.5. The number of nitrogens with one attached hydrogen (secondary N) is 2. The maximum Gasteiger partial charge on any atom is 0.338 e. The molecule has 0 spiro atoms. The van der Waals surface area contributed by atoms with Crippen molar-refractivity contribution in [1.29, 1.82) is 0 Å². The molecule has 2 aromatic rings. The van der Waals surface area contributed by atoms with E-state index in [0.29, 0.717) is 24.8 Å². The summed E-state index contributed by atoms with van der Waals surface area (Å²) in [5, 5.41) is 14.5. The summed E-state index contributed by atoms with van der Waals surface area (Å²) in [5.41, 5.74) is 4.37. The quantitative estimate of drug-likeness (QED) is 0.187. The Kier molecular flexibility index (Phi) is 17.2. The number of hydrogen-bond acceptors (Lipinski definition) is 9. The largest absolute Gasteiger partial charge is 0.478 e. The maximum atomic E-state index is 13.8. The number of ether oxygens (including phenoxy) is 4. The number of carbonyl (C=O) groups excluding carboxylic acids is 3. The summed E-state index contributed by atoms with van der Waals surface area (Å²) in [4.78, 5) is 47.3. The zero-order valence-electron chi connectivity index (χ0n) is 33.1. The van der Waals surface area contributed by atoms with Crippen molar-refractivity contribution >= 4 is 46.8 Å². The Morgan fingerprint density at radius 2 is 1.16 bits per heavy atom. The number of Topliss-reactive ketones (excluding diaryl/α,β-unsaturated/α-hetero) is 1. The number of halogens is 4. The normalized spacial score (nSPS) is 21.6. The molecule has 308 valence electrons. The number of benzene rings is 2. The van der Waals surface area contributed by atoms with Gasteiger partial charge in [-0.25, -0.2) is 13.6 Å². The predicted molar refractivity (Wildman–Crippen MR) is 205 cm³/mol. The molecule has 4 atom stereocenters. The van der Waals surface area contributed by atoms with Crippen LogP contribution in [0.15, 0.2) is 36.4 Å². The highest BCUT2D eigenvalue weighted by Gasteiger charge is 2.46. The molecule has 16 heteroatoms. The summed E-state index contributed by atoms with van der Waals surface area (Å²) in [6.45, 7) is 20.2. The van der Waals surface area contributed by atoms with Gasteiger partial charge in [-0.15, -0.1) is 0 Å². The van der Waals surface area contributed by atoms with E-state index in [1.165, 1.54) is 24.3 Å². The lowest BCUT2D eigenvalue weighted by Crippen LogP contribution is -2.57. The monoisotopic (exact) mass is 817 g/mol. The number of carboxylic acids is 1.